The van der Waals surface area contributed by atoms with Crippen molar-refractivity contribution >= 4 is 21.4 Å². The van der Waals surface area contributed by atoms with Crippen LogP contribution in [0.1, 0.15) is 5.56 Å². The highest BCUT2D eigenvalue weighted by Gasteiger charge is 2.34. The van der Waals surface area contributed by atoms with Gasteiger partial charge in [-0.15, -0.1) is 0 Å². The van der Waals surface area contributed by atoms with Gasteiger partial charge in [0.05, 0.1) is 28.4 Å². The van der Waals surface area contributed by atoms with Gasteiger partial charge in [0.25, 0.3) is 10.0 Å². The molecular weight excluding hydrogens is 486 g/mol. The van der Waals surface area contributed by atoms with E-state index in [0.717, 1.165) is 34.6 Å². The zero-order valence-corrected chi connectivity index (χ0v) is 17.9. The first kappa shape index (κ1) is 23.7. The van der Waals surface area contributed by atoms with E-state index in [4.69, 9.17) is 0 Å². The lowest BCUT2D eigenvalue weighted by Gasteiger charge is -2.32. The quantitative estimate of drug-likeness (QED) is 0.453. The van der Waals surface area contributed by atoms with Crippen molar-refractivity contribution in [3.63, 3.8) is 0 Å². The Hall–Kier alpha value is -3.41. The molecule has 1 aliphatic heterocycles. The fourth-order valence-corrected chi connectivity index (χ4v) is 5.11. The number of anilines is 2. The molecule has 0 saturated heterocycles. The molecule has 180 valence electrons. The lowest BCUT2D eigenvalue weighted by Crippen LogP contribution is -2.39. The molecule has 0 amide bonds. The van der Waals surface area contributed by atoms with Gasteiger partial charge in [0.1, 0.15) is 11.6 Å². The van der Waals surface area contributed by atoms with Gasteiger partial charge in [-0.2, -0.15) is 22.0 Å². The average Bonchev–Trinajstić information content (AvgIpc) is 2.77. The minimum absolute atomic E-state index is 0.0854. The molecule has 12 heteroatoms. The Labute approximate surface area is 190 Å². The number of hydrogen-bond donors (Lipinski definition) is 1. The summed E-state index contributed by atoms with van der Waals surface area (Å²) in [6.07, 6.45) is -4.73. The fourth-order valence-electron chi connectivity index (χ4n) is 3.59. The monoisotopic (exact) mass is 502 g/mol. The Morgan fingerprint density at radius 1 is 0.971 bits per heavy atom. The Kier molecular flexibility index (Phi) is 6.11. The Morgan fingerprint density at radius 3 is 2.44 bits per heavy atom. The van der Waals surface area contributed by atoms with Crippen LogP contribution in [-0.2, 0) is 16.2 Å². The third-order valence-corrected chi connectivity index (χ3v) is 6.89. The third kappa shape index (κ3) is 4.76. The maximum atomic E-state index is 14.0. The minimum atomic E-state index is -4.73. The summed E-state index contributed by atoms with van der Waals surface area (Å²) in [5.74, 6) is -1.27. The molecule has 0 saturated carbocycles. The van der Waals surface area contributed by atoms with E-state index < -0.39 is 44.8 Å². The topological polar surface area (TPSA) is 58.6 Å². The van der Waals surface area contributed by atoms with Crippen molar-refractivity contribution in [3.05, 3.63) is 72.0 Å². The number of sulfonamides is 1. The van der Waals surface area contributed by atoms with Crippen molar-refractivity contribution in [2.45, 2.75) is 17.7 Å². The van der Waals surface area contributed by atoms with Crippen LogP contribution in [0.5, 0.6) is 5.75 Å². The number of nitrogens with one attached hydrogen (secondary N) is 1. The van der Waals surface area contributed by atoms with Crippen LogP contribution in [0.15, 0.2) is 65.6 Å². The van der Waals surface area contributed by atoms with Crippen molar-refractivity contribution in [2.24, 2.45) is 0 Å². The van der Waals surface area contributed by atoms with E-state index in [2.05, 4.69) is 10.1 Å². The fraction of sp³-hybridized carbons (Fsp3) is 0.182. The van der Waals surface area contributed by atoms with Gasteiger partial charge in [-0.1, -0.05) is 12.1 Å². The van der Waals surface area contributed by atoms with Crippen molar-refractivity contribution in [1.82, 2.24) is 0 Å². The van der Waals surface area contributed by atoms with Gasteiger partial charge in [0.15, 0.2) is 0 Å². The second-order valence-electron chi connectivity index (χ2n) is 7.32. The van der Waals surface area contributed by atoms with E-state index in [1.165, 1.54) is 24.3 Å². The smallest absolute Gasteiger partial charge is 0.416 e. The first-order valence-corrected chi connectivity index (χ1v) is 11.2. The van der Waals surface area contributed by atoms with Crippen LogP contribution >= 0.6 is 0 Å². The van der Waals surface area contributed by atoms with Crippen molar-refractivity contribution in [1.29, 1.82) is 0 Å². The summed E-state index contributed by atoms with van der Waals surface area (Å²) in [5, 5.41) is 3.00. The Bertz CT molecular complexity index is 1330. The Balaban J connectivity index is 1.77. The van der Waals surface area contributed by atoms with Crippen LogP contribution in [0.4, 0.5) is 37.7 Å². The lowest BCUT2D eigenvalue weighted by atomic mass is 10.0. The number of benzene rings is 3. The third-order valence-electron chi connectivity index (χ3n) is 5.08. The molecule has 0 bridgehead atoms. The van der Waals surface area contributed by atoms with Crippen molar-refractivity contribution < 1.29 is 39.5 Å². The highest BCUT2D eigenvalue weighted by Crippen LogP contribution is 2.38. The van der Waals surface area contributed by atoms with Crippen LogP contribution in [0.2, 0.25) is 0 Å². The van der Waals surface area contributed by atoms with Gasteiger partial charge < -0.3 is 10.1 Å². The largest absolute Gasteiger partial charge is 0.435 e. The van der Waals surface area contributed by atoms with E-state index in [1.54, 1.807) is 0 Å². The molecule has 1 heterocycles. The first-order valence-electron chi connectivity index (χ1n) is 9.79. The minimum Gasteiger partial charge on any atom is -0.435 e. The molecule has 3 aromatic rings. The number of fused-ring (bicyclic) bond motifs is 1. The van der Waals surface area contributed by atoms with Gasteiger partial charge in [-0.25, -0.2) is 12.8 Å². The number of ether oxygens (including phenoxy) is 1. The molecule has 0 aromatic heterocycles. The molecule has 0 fully saturated rings. The molecule has 0 atom stereocenters. The second-order valence-corrected chi connectivity index (χ2v) is 9.18. The number of alkyl halides is 5. The molecule has 0 radical (unpaired) electrons. The number of hydrogen-bond acceptors (Lipinski definition) is 4. The highest BCUT2D eigenvalue weighted by atomic mass is 32.2. The molecule has 1 N–H and O–H groups in total. The van der Waals surface area contributed by atoms with Gasteiger partial charge in [-0.3, -0.25) is 4.31 Å². The standard InChI is InChI=1S/C22H16F6N2O3S/c23-16-8-14(9-17(12-16)33-21(24)25)13-4-5-19-20(10-13)30(7-6-29-19)34(31,32)18-3-1-2-15(11-18)22(26,27)28/h1-5,8-12,21,29H,6-7H2. The van der Waals surface area contributed by atoms with E-state index in [-0.39, 0.29) is 29.9 Å². The van der Waals surface area contributed by atoms with E-state index in [9.17, 15) is 34.8 Å². The Morgan fingerprint density at radius 2 is 1.74 bits per heavy atom. The maximum absolute atomic E-state index is 14.0. The zero-order chi connectivity index (χ0) is 24.7. The molecule has 0 aliphatic carbocycles. The van der Waals surface area contributed by atoms with Crippen molar-refractivity contribution in [3.8, 4) is 16.9 Å². The molecule has 4 rings (SSSR count). The molecule has 0 unspecified atom stereocenters. The maximum Gasteiger partial charge on any atom is 0.416 e. The normalized spacial score (nSPS) is 14.0. The summed E-state index contributed by atoms with van der Waals surface area (Å²) in [6.45, 7) is -3.06. The molecule has 0 spiro atoms. The van der Waals surface area contributed by atoms with Gasteiger partial charge in [-0.05, 0) is 53.6 Å². The van der Waals surface area contributed by atoms with Crippen LogP contribution in [0.3, 0.4) is 0 Å². The first-order chi connectivity index (χ1) is 15.9. The highest BCUT2D eigenvalue weighted by molar-refractivity contribution is 7.92. The van der Waals surface area contributed by atoms with E-state index in [0.29, 0.717) is 11.8 Å². The van der Waals surface area contributed by atoms with Crippen LogP contribution in [-0.4, -0.2) is 28.1 Å². The van der Waals surface area contributed by atoms with Gasteiger partial charge in [0, 0.05) is 12.6 Å². The van der Waals surface area contributed by atoms with Crippen LogP contribution in [0, 0.1) is 5.82 Å². The number of rotatable bonds is 5. The zero-order valence-electron chi connectivity index (χ0n) is 17.1. The van der Waals surface area contributed by atoms with Crippen LogP contribution < -0.4 is 14.4 Å². The summed E-state index contributed by atoms with van der Waals surface area (Å²) in [5.41, 5.74) is -0.192. The summed E-state index contributed by atoms with van der Waals surface area (Å²) in [6, 6.07) is 10.8. The average molecular weight is 502 g/mol. The SMILES string of the molecule is O=S(=O)(c1cccc(C(F)(F)F)c1)N1CCNc2ccc(-c3cc(F)cc(OC(F)F)c3)cc21. The molecular formula is C22H16F6N2O3S. The van der Waals surface area contributed by atoms with E-state index >= 15 is 0 Å². The van der Waals surface area contributed by atoms with E-state index in [1.807, 2.05) is 0 Å². The molecule has 34 heavy (non-hydrogen) atoms. The predicted molar refractivity (Wildman–Crippen MR) is 113 cm³/mol. The second kappa shape index (κ2) is 8.75. The summed E-state index contributed by atoms with van der Waals surface area (Å²) in [7, 11) is -4.39. The summed E-state index contributed by atoms with van der Waals surface area (Å²) in [4.78, 5) is -0.543. The molecule has 3 aromatic carbocycles. The molecule has 5 nitrogen and oxygen atoms in total. The van der Waals surface area contributed by atoms with Gasteiger partial charge >= 0.3 is 12.8 Å². The van der Waals surface area contributed by atoms with Crippen molar-refractivity contribution in [2.75, 3.05) is 22.7 Å². The summed E-state index contributed by atoms with van der Waals surface area (Å²) >= 11 is 0. The summed E-state index contributed by atoms with van der Waals surface area (Å²) < 4.78 is 110. The predicted octanol–water partition coefficient (Wildman–Crippen LogP) is 5.73. The van der Waals surface area contributed by atoms with Crippen LogP contribution in [0.25, 0.3) is 11.1 Å². The molecule has 1 aliphatic rings. The number of halogens is 6. The number of nitrogens with zero attached hydrogens (tertiary/aromatic N) is 1. The van der Waals surface area contributed by atoms with Gasteiger partial charge in [0.2, 0.25) is 0 Å². The lowest BCUT2D eigenvalue weighted by molar-refractivity contribution is -0.137.